The van der Waals surface area contributed by atoms with Crippen LogP contribution >= 0.6 is 0 Å². The minimum atomic E-state index is -1.11. The Morgan fingerprint density at radius 2 is 2.25 bits per heavy atom. The van der Waals surface area contributed by atoms with Crippen LogP contribution in [0.3, 0.4) is 0 Å². The van der Waals surface area contributed by atoms with Crippen LogP contribution in [0.25, 0.3) is 11.0 Å². The molecule has 6 nitrogen and oxygen atoms in total. The number of rotatable bonds is 2. The predicted molar refractivity (Wildman–Crippen MR) is 56.9 cm³/mol. The van der Waals surface area contributed by atoms with Gasteiger partial charge in [-0.15, -0.1) is 0 Å². The van der Waals surface area contributed by atoms with Crippen LogP contribution in [0.5, 0.6) is 0 Å². The molecule has 0 aliphatic rings. The number of nitrogens with zero attached hydrogens (tertiary/aromatic N) is 1. The van der Waals surface area contributed by atoms with Crippen molar-refractivity contribution < 1.29 is 9.90 Å². The van der Waals surface area contributed by atoms with E-state index in [2.05, 4.69) is 9.97 Å². The summed E-state index contributed by atoms with van der Waals surface area (Å²) in [5.41, 5.74) is 6.66. The van der Waals surface area contributed by atoms with Crippen molar-refractivity contribution in [3.8, 4) is 0 Å². The third-order valence-corrected chi connectivity index (χ3v) is 2.23. The molecule has 0 aliphatic heterocycles. The van der Waals surface area contributed by atoms with Crippen LogP contribution in [-0.4, -0.2) is 21.0 Å². The van der Waals surface area contributed by atoms with Gasteiger partial charge < -0.3 is 15.8 Å². The molecule has 4 N–H and O–H groups in total. The molecule has 1 aromatic heterocycles. The molecule has 1 aromatic carbocycles. The Hall–Kier alpha value is -2.21. The second-order valence-corrected chi connectivity index (χ2v) is 3.34. The van der Waals surface area contributed by atoms with Gasteiger partial charge in [-0.3, -0.25) is 9.59 Å². The van der Waals surface area contributed by atoms with E-state index in [-0.39, 0.29) is 5.56 Å². The lowest BCUT2D eigenvalue weighted by molar-refractivity contribution is -0.138. The topological polar surface area (TPSA) is 109 Å². The lowest BCUT2D eigenvalue weighted by Gasteiger charge is -2.06. The van der Waals surface area contributed by atoms with Gasteiger partial charge in [0.05, 0.1) is 17.2 Å². The zero-order valence-corrected chi connectivity index (χ0v) is 8.18. The van der Waals surface area contributed by atoms with Gasteiger partial charge in [-0.2, -0.15) is 0 Å². The van der Waals surface area contributed by atoms with Gasteiger partial charge >= 0.3 is 5.97 Å². The van der Waals surface area contributed by atoms with Gasteiger partial charge in [0.2, 0.25) is 0 Å². The number of benzene rings is 1. The number of aromatic nitrogens is 2. The summed E-state index contributed by atoms with van der Waals surface area (Å²) in [4.78, 5) is 28.1. The van der Waals surface area contributed by atoms with Gasteiger partial charge in [0.25, 0.3) is 5.56 Å². The van der Waals surface area contributed by atoms with E-state index in [0.717, 1.165) is 6.20 Å². The summed E-state index contributed by atoms with van der Waals surface area (Å²) < 4.78 is 0. The first kappa shape index (κ1) is 10.3. The summed E-state index contributed by atoms with van der Waals surface area (Å²) in [5.74, 6) is -1.11. The monoisotopic (exact) mass is 219 g/mol. The number of hydrogen-bond acceptors (Lipinski definition) is 4. The van der Waals surface area contributed by atoms with Gasteiger partial charge in [0, 0.05) is 0 Å². The largest absolute Gasteiger partial charge is 0.480 e. The molecule has 2 aromatic rings. The minimum absolute atomic E-state index is 0.303. The Kier molecular flexibility index (Phi) is 2.41. The zero-order chi connectivity index (χ0) is 11.7. The molecule has 2 rings (SSSR count). The molecule has 1 atom stereocenters. The van der Waals surface area contributed by atoms with Crippen molar-refractivity contribution in [2.45, 2.75) is 6.04 Å². The Balaban J connectivity index is 2.56. The first-order chi connectivity index (χ1) is 7.58. The van der Waals surface area contributed by atoms with E-state index in [4.69, 9.17) is 10.8 Å². The summed E-state index contributed by atoms with van der Waals surface area (Å²) in [7, 11) is 0. The Labute approximate surface area is 89.7 Å². The molecule has 0 amide bonds. The Morgan fingerprint density at radius 3 is 2.94 bits per heavy atom. The Morgan fingerprint density at radius 1 is 1.50 bits per heavy atom. The van der Waals surface area contributed by atoms with Crippen molar-refractivity contribution in [2.24, 2.45) is 5.73 Å². The van der Waals surface area contributed by atoms with Crippen LogP contribution in [0.4, 0.5) is 0 Å². The van der Waals surface area contributed by atoms with Crippen LogP contribution < -0.4 is 11.3 Å². The van der Waals surface area contributed by atoms with Gasteiger partial charge in [-0.05, 0) is 17.7 Å². The van der Waals surface area contributed by atoms with Gasteiger partial charge in [0.15, 0.2) is 0 Å². The standard InChI is InChI=1S/C10H9N3O3/c11-9(10(15)16)5-1-2-6-7(3-5)12-4-8(14)13-6/h1-4,9H,11H2,(H,13,14)(H,15,16). The van der Waals surface area contributed by atoms with E-state index < -0.39 is 12.0 Å². The summed E-state index contributed by atoms with van der Waals surface area (Å²) in [6.07, 6.45) is 1.14. The number of nitrogens with one attached hydrogen (secondary N) is 1. The van der Waals surface area contributed by atoms with E-state index >= 15 is 0 Å². The van der Waals surface area contributed by atoms with Gasteiger partial charge in [0.1, 0.15) is 6.04 Å². The molecule has 1 heterocycles. The number of carboxylic acid groups (broad SMARTS) is 1. The highest BCUT2D eigenvalue weighted by molar-refractivity contribution is 5.79. The molecule has 0 spiro atoms. The first-order valence-electron chi connectivity index (χ1n) is 4.55. The lowest BCUT2D eigenvalue weighted by atomic mass is 10.1. The van der Waals surface area contributed by atoms with Crippen molar-refractivity contribution >= 4 is 17.0 Å². The average molecular weight is 219 g/mol. The van der Waals surface area contributed by atoms with Gasteiger partial charge in [-0.25, -0.2) is 4.98 Å². The number of H-pyrrole nitrogens is 1. The van der Waals surface area contributed by atoms with E-state index in [1.165, 1.54) is 0 Å². The number of carbonyl (C=O) groups is 1. The SMILES string of the molecule is NC(C(=O)O)c1ccc2[nH]c(=O)cnc2c1. The van der Waals surface area contributed by atoms with E-state index in [1.807, 2.05) is 0 Å². The maximum absolute atomic E-state index is 11.0. The van der Waals surface area contributed by atoms with E-state index in [1.54, 1.807) is 18.2 Å². The summed E-state index contributed by atoms with van der Waals surface area (Å²) in [5, 5.41) is 8.75. The average Bonchev–Trinajstić information content (AvgIpc) is 2.27. The smallest absolute Gasteiger partial charge is 0.325 e. The zero-order valence-electron chi connectivity index (χ0n) is 8.18. The maximum Gasteiger partial charge on any atom is 0.325 e. The summed E-state index contributed by atoms with van der Waals surface area (Å²) in [6.45, 7) is 0. The maximum atomic E-state index is 11.0. The van der Waals surface area contributed by atoms with E-state index in [0.29, 0.717) is 16.6 Å². The first-order valence-corrected chi connectivity index (χ1v) is 4.55. The van der Waals surface area contributed by atoms with Crippen LogP contribution in [0.1, 0.15) is 11.6 Å². The van der Waals surface area contributed by atoms with Crippen molar-refractivity contribution in [3.63, 3.8) is 0 Å². The molecule has 0 fully saturated rings. The third kappa shape index (κ3) is 1.78. The molecule has 0 radical (unpaired) electrons. The molecule has 1 unspecified atom stereocenters. The number of aromatic amines is 1. The summed E-state index contributed by atoms with van der Waals surface area (Å²) >= 11 is 0. The molecule has 0 bridgehead atoms. The molecule has 0 aliphatic carbocycles. The normalized spacial score (nSPS) is 12.6. The fraction of sp³-hybridized carbons (Fsp3) is 0.100. The predicted octanol–water partition coefficient (Wildman–Crippen LogP) is 0.00750. The van der Waals surface area contributed by atoms with Crippen molar-refractivity contribution in [1.29, 1.82) is 0 Å². The number of aliphatic carboxylic acids is 1. The lowest BCUT2D eigenvalue weighted by Crippen LogP contribution is -2.20. The number of nitrogens with two attached hydrogens (primary N) is 1. The molecule has 16 heavy (non-hydrogen) atoms. The van der Waals surface area contributed by atoms with Crippen molar-refractivity contribution in [2.75, 3.05) is 0 Å². The Bertz CT molecular complexity index is 606. The summed E-state index contributed by atoms with van der Waals surface area (Å²) in [6, 6.07) is 3.60. The third-order valence-electron chi connectivity index (χ3n) is 2.23. The molecule has 0 saturated heterocycles. The highest BCUT2D eigenvalue weighted by Gasteiger charge is 2.14. The molecule has 6 heteroatoms. The van der Waals surface area contributed by atoms with Crippen molar-refractivity contribution in [3.05, 3.63) is 40.3 Å². The van der Waals surface area contributed by atoms with Crippen LogP contribution in [0.2, 0.25) is 0 Å². The fourth-order valence-corrected chi connectivity index (χ4v) is 1.39. The highest BCUT2D eigenvalue weighted by atomic mass is 16.4. The van der Waals surface area contributed by atoms with Crippen molar-refractivity contribution in [1.82, 2.24) is 9.97 Å². The number of fused-ring (bicyclic) bond motifs is 1. The highest BCUT2D eigenvalue weighted by Crippen LogP contribution is 2.15. The molecular weight excluding hydrogens is 210 g/mol. The molecule has 82 valence electrons. The van der Waals surface area contributed by atoms with Crippen LogP contribution in [-0.2, 0) is 4.79 Å². The minimum Gasteiger partial charge on any atom is -0.480 e. The number of hydrogen-bond donors (Lipinski definition) is 3. The second kappa shape index (κ2) is 3.74. The molecular formula is C10H9N3O3. The number of carboxylic acids is 1. The van der Waals surface area contributed by atoms with Crippen LogP contribution in [0, 0.1) is 0 Å². The van der Waals surface area contributed by atoms with Gasteiger partial charge in [-0.1, -0.05) is 6.07 Å². The van der Waals surface area contributed by atoms with Crippen LogP contribution in [0.15, 0.2) is 29.2 Å². The quantitative estimate of drug-likeness (QED) is 0.659. The fourth-order valence-electron chi connectivity index (χ4n) is 1.39. The van der Waals surface area contributed by atoms with E-state index in [9.17, 15) is 9.59 Å². The second-order valence-electron chi connectivity index (χ2n) is 3.34. The molecule has 0 saturated carbocycles.